The minimum atomic E-state index is -0.392. The number of H-pyrrole nitrogens is 1. The Labute approximate surface area is 196 Å². The van der Waals surface area contributed by atoms with Crippen molar-refractivity contribution in [2.45, 2.75) is 19.8 Å². The number of anilines is 2. The van der Waals surface area contributed by atoms with Gasteiger partial charge in [-0.25, -0.2) is 4.98 Å². The van der Waals surface area contributed by atoms with Crippen molar-refractivity contribution in [3.8, 4) is 5.75 Å². The minimum Gasteiger partial charge on any atom is -0.495 e. The Kier molecular flexibility index (Phi) is 8.29. The number of aromatic nitrogens is 2. The average Bonchev–Trinajstić information content (AvgIpc) is 2.78. The molecule has 1 aliphatic heterocycles. The largest absolute Gasteiger partial charge is 0.495 e. The Morgan fingerprint density at radius 2 is 2.06 bits per heavy atom. The monoisotopic (exact) mass is 477 g/mol. The van der Waals surface area contributed by atoms with Crippen LogP contribution in [0.2, 0.25) is 5.02 Å². The summed E-state index contributed by atoms with van der Waals surface area (Å²) in [6, 6.07) is 4.87. The molecule has 0 atom stereocenters. The number of aryl methyl sites for hydroxylation is 1. The van der Waals surface area contributed by atoms with Crippen molar-refractivity contribution >= 4 is 35.1 Å². The van der Waals surface area contributed by atoms with Gasteiger partial charge in [0.2, 0.25) is 17.8 Å². The van der Waals surface area contributed by atoms with Gasteiger partial charge in [-0.05, 0) is 31.5 Å². The highest BCUT2D eigenvalue weighted by Crippen LogP contribution is 2.27. The second kappa shape index (κ2) is 11.2. The second-order valence-electron chi connectivity index (χ2n) is 7.70. The van der Waals surface area contributed by atoms with Gasteiger partial charge in [-0.3, -0.25) is 19.4 Å². The van der Waals surface area contributed by atoms with Gasteiger partial charge in [0.25, 0.3) is 5.56 Å². The first-order valence-electron chi connectivity index (χ1n) is 10.6. The number of halogens is 1. The first-order chi connectivity index (χ1) is 15.8. The van der Waals surface area contributed by atoms with E-state index in [1.165, 1.54) is 19.1 Å². The number of hydrogen-bond donors (Lipinski definition) is 2. The van der Waals surface area contributed by atoms with Crippen LogP contribution in [0.4, 0.5) is 11.6 Å². The van der Waals surface area contributed by atoms with E-state index in [0.717, 1.165) is 0 Å². The van der Waals surface area contributed by atoms with E-state index in [1.807, 2.05) is 4.90 Å². The van der Waals surface area contributed by atoms with Crippen LogP contribution in [0.1, 0.15) is 17.7 Å². The molecule has 33 heavy (non-hydrogen) atoms. The molecule has 2 N–H and O–H groups in total. The third-order valence-electron chi connectivity index (χ3n) is 5.35. The number of carbonyl (C=O) groups is 2. The molecule has 1 aromatic carbocycles. The molecule has 0 saturated carbocycles. The summed E-state index contributed by atoms with van der Waals surface area (Å²) in [5.74, 6) is 0.321. The summed E-state index contributed by atoms with van der Waals surface area (Å²) in [5, 5.41) is 3.15. The SMILES string of the molecule is COc1ccc(Cl)cc1NC(=O)CN(C)C(=O)CCc1c(C)nc(N2CCOCC2)[nH]c1=O. The number of amides is 2. The van der Waals surface area contributed by atoms with E-state index >= 15 is 0 Å². The van der Waals surface area contributed by atoms with Gasteiger partial charge >= 0.3 is 0 Å². The zero-order chi connectivity index (χ0) is 24.0. The summed E-state index contributed by atoms with van der Waals surface area (Å²) in [5.41, 5.74) is 1.21. The predicted octanol–water partition coefficient (Wildman–Crippen LogP) is 1.61. The molecule has 1 fully saturated rings. The first kappa shape index (κ1) is 24.5. The maximum absolute atomic E-state index is 12.6. The van der Waals surface area contributed by atoms with E-state index in [1.54, 1.807) is 25.1 Å². The smallest absolute Gasteiger partial charge is 0.255 e. The zero-order valence-corrected chi connectivity index (χ0v) is 19.7. The van der Waals surface area contributed by atoms with E-state index in [4.69, 9.17) is 21.1 Å². The van der Waals surface area contributed by atoms with Crippen LogP contribution >= 0.6 is 11.6 Å². The van der Waals surface area contributed by atoms with Gasteiger partial charge in [0, 0.05) is 42.8 Å². The summed E-state index contributed by atoms with van der Waals surface area (Å²) in [7, 11) is 3.02. The molecule has 178 valence electrons. The molecule has 0 bridgehead atoms. The van der Waals surface area contributed by atoms with Crippen LogP contribution in [0.15, 0.2) is 23.0 Å². The van der Waals surface area contributed by atoms with Crippen LogP contribution in [0.3, 0.4) is 0 Å². The summed E-state index contributed by atoms with van der Waals surface area (Å²) in [4.78, 5) is 48.1. The van der Waals surface area contributed by atoms with Crippen molar-refractivity contribution in [3.63, 3.8) is 0 Å². The van der Waals surface area contributed by atoms with Gasteiger partial charge in [0.05, 0.1) is 32.6 Å². The molecule has 0 aliphatic carbocycles. The van der Waals surface area contributed by atoms with Crippen molar-refractivity contribution in [2.75, 3.05) is 57.2 Å². The highest BCUT2D eigenvalue weighted by atomic mass is 35.5. The van der Waals surface area contributed by atoms with Crippen LogP contribution < -0.4 is 20.5 Å². The minimum absolute atomic E-state index is 0.0762. The second-order valence-corrected chi connectivity index (χ2v) is 8.13. The van der Waals surface area contributed by atoms with Gasteiger partial charge < -0.3 is 24.6 Å². The summed E-state index contributed by atoms with van der Waals surface area (Å²) < 4.78 is 10.5. The highest BCUT2D eigenvalue weighted by Gasteiger charge is 2.19. The van der Waals surface area contributed by atoms with Gasteiger partial charge in [-0.1, -0.05) is 11.6 Å². The van der Waals surface area contributed by atoms with Crippen molar-refractivity contribution in [1.82, 2.24) is 14.9 Å². The van der Waals surface area contributed by atoms with Crippen LogP contribution in [-0.4, -0.2) is 73.7 Å². The Balaban J connectivity index is 1.56. The summed E-state index contributed by atoms with van der Waals surface area (Å²) >= 11 is 5.98. The van der Waals surface area contributed by atoms with Gasteiger partial charge in [-0.15, -0.1) is 0 Å². The van der Waals surface area contributed by atoms with Crippen LogP contribution in [0.5, 0.6) is 5.75 Å². The van der Waals surface area contributed by atoms with Crippen molar-refractivity contribution in [2.24, 2.45) is 0 Å². The molecule has 1 aromatic heterocycles. The van der Waals surface area contributed by atoms with Crippen LogP contribution in [0, 0.1) is 6.92 Å². The fraction of sp³-hybridized carbons (Fsp3) is 0.455. The van der Waals surface area contributed by atoms with Crippen molar-refractivity contribution < 1.29 is 19.1 Å². The number of methoxy groups -OCH3 is 1. The third kappa shape index (κ3) is 6.45. The summed E-state index contributed by atoms with van der Waals surface area (Å²) in [6.07, 6.45) is 0.303. The number of ether oxygens (including phenoxy) is 2. The number of hydrogen-bond acceptors (Lipinski definition) is 7. The predicted molar refractivity (Wildman–Crippen MR) is 125 cm³/mol. The number of rotatable bonds is 8. The number of benzene rings is 1. The number of nitrogens with one attached hydrogen (secondary N) is 2. The average molecular weight is 478 g/mol. The number of likely N-dealkylation sites (N-methyl/N-ethyl adjacent to an activating group) is 1. The quantitative estimate of drug-likeness (QED) is 0.593. The number of aromatic amines is 1. The molecular weight excluding hydrogens is 450 g/mol. The lowest BCUT2D eigenvalue weighted by molar-refractivity contribution is -0.133. The third-order valence-corrected chi connectivity index (χ3v) is 5.59. The molecule has 1 saturated heterocycles. The maximum Gasteiger partial charge on any atom is 0.255 e. The van der Waals surface area contributed by atoms with E-state index in [2.05, 4.69) is 15.3 Å². The molecule has 11 heteroatoms. The molecular formula is C22H28ClN5O5. The summed E-state index contributed by atoms with van der Waals surface area (Å²) in [6.45, 7) is 4.10. The fourth-order valence-electron chi connectivity index (χ4n) is 3.51. The molecule has 2 heterocycles. The van der Waals surface area contributed by atoms with E-state index in [0.29, 0.717) is 60.0 Å². The van der Waals surface area contributed by atoms with Crippen LogP contribution in [-0.2, 0) is 20.7 Å². The highest BCUT2D eigenvalue weighted by molar-refractivity contribution is 6.31. The van der Waals surface area contributed by atoms with Crippen LogP contribution in [0.25, 0.3) is 0 Å². The molecule has 2 aromatic rings. The molecule has 1 aliphatic rings. The number of nitrogens with zero attached hydrogens (tertiary/aromatic N) is 3. The Morgan fingerprint density at radius 3 is 2.73 bits per heavy atom. The maximum atomic E-state index is 12.6. The lowest BCUT2D eigenvalue weighted by Crippen LogP contribution is -2.39. The van der Waals surface area contributed by atoms with E-state index in [9.17, 15) is 14.4 Å². The topological polar surface area (TPSA) is 117 Å². The lowest BCUT2D eigenvalue weighted by atomic mass is 10.1. The standard InChI is InChI=1S/C22H28ClN5O5/c1-14-16(21(31)26-22(24-14)28-8-10-33-11-9-28)5-7-20(30)27(2)13-19(29)25-17-12-15(23)4-6-18(17)32-3/h4,6,12H,5,7-11,13H2,1-3H3,(H,25,29)(H,24,26,31). The zero-order valence-electron chi connectivity index (χ0n) is 18.9. The Morgan fingerprint density at radius 1 is 1.33 bits per heavy atom. The molecule has 0 radical (unpaired) electrons. The van der Waals surface area contributed by atoms with E-state index in [-0.39, 0.29) is 30.9 Å². The lowest BCUT2D eigenvalue weighted by Gasteiger charge is -2.27. The molecule has 0 unspecified atom stereocenters. The number of morpholine rings is 1. The molecule has 0 spiro atoms. The molecule has 3 rings (SSSR count). The normalized spacial score (nSPS) is 13.5. The van der Waals surface area contributed by atoms with Crippen molar-refractivity contribution in [1.29, 1.82) is 0 Å². The molecule has 10 nitrogen and oxygen atoms in total. The Bertz CT molecular complexity index is 1070. The van der Waals surface area contributed by atoms with Gasteiger partial charge in [0.1, 0.15) is 5.75 Å². The van der Waals surface area contributed by atoms with Gasteiger partial charge in [-0.2, -0.15) is 0 Å². The first-order valence-corrected chi connectivity index (χ1v) is 11.0. The van der Waals surface area contributed by atoms with Gasteiger partial charge in [0.15, 0.2) is 0 Å². The Hall–Kier alpha value is -3.11. The molecule has 2 amide bonds. The van der Waals surface area contributed by atoms with E-state index < -0.39 is 5.91 Å². The van der Waals surface area contributed by atoms with Crippen molar-refractivity contribution in [3.05, 3.63) is 44.8 Å². The number of carbonyl (C=O) groups excluding carboxylic acids is 2. The fourth-order valence-corrected chi connectivity index (χ4v) is 3.68.